The number of nitrogens with one attached hydrogen (secondary N) is 1. The average Bonchev–Trinajstić information content (AvgIpc) is 3.07. The first-order valence-corrected chi connectivity index (χ1v) is 7.85. The molecule has 3 rings (SSSR count). The molecule has 0 fully saturated rings. The van der Waals surface area contributed by atoms with Gasteiger partial charge in [0.2, 0.25) is 5.91 Å². The first kappa shape index (κ1) is 13.1. The van der Waals surface area contributed by atoms with E-state index in [1.165, 1.54) is 23.1 Å². The quantitative estimate of drug-likeness (QED) is 0.732. The van der Waals surface area contributed by atoms with E-state index < -0.39 is 0 Å². The van der Waals surface area contributed by atoms with Crippen molar-refractivity contribution in [3.05, 3.63) is 35.8 Å². The van der Waals surface area contributed by atoms with Gasteiger partial charge in [0.05, 0.1) is 0 Å². The third-order valence-electron chi connectivity index (χ3n) is 2.51. The molecular weight excluding hydrogens is 294 g/mol. The molecule has 20 heavy (non-hydrogen) atoms. The number of aromatic nitrogens is 2. The number of hydrogen-bond acceptors (Lipinski definition) is 6. The Labute approximate surface area is 123 Å². The summed E-state index contributed by atoms with van der Waals surface area (Å²) in [5.41, 5.74) is 1.60. The van der Waals surface area contributed by atoms with Crippen molar-refractivity contribution < 1.29 is 9.21 Å². The molecule has 0 aliphatic carbocycles. The zero-order valence-electron chi connectivity index (χ0n) is 10.4. The molecule has 3 aromatic rings. The van der Waals surface area contributed by atoms with E-state index in [1.807, 2.05) is 29.6 Å². The van der Waals surface area contributed by atoms with Gasteiger partial charge in [-0.1, -0.05) is 23.9 Å². The third kappa shape index (κ3) is 3.17. The molecule has 0 aliphatic heterocycles. The van der Waals surface area contributed by atoms with Crippen LogP contribution in [0.3, 0.4) is 0 Å². The predicted molar refractivity (Wildman–Crippen MR) is 80.1 cm³/mol. The van der Waals surface area contributed by atoms with Gasteiger partial charge in [-0.15, -0.1) is 11.3 Å². The summed E-state index contributed by atoms with van der Waals surface area (Å²) < 4.78 is 5.57. The molecule has 0 saturated carbocycles. The second-order valence-corrected chi connectivity index (χ2v) is 5.87. The number of rotatable bonds is 5. The Balaban J connectivity index is 1.51. The Morgan fingerprint density at radius 2 is 2.30 bits per heavy atom. The SMILES string of the molecule is O=C(CCSc1nc2ccccc2o1)Nc1nccs1. The molecule has 1 amide bonds. The van der Waals surface area contributed by atoms with Gasteiger partial charge in [0.1, 0.15) is 5.52 Å². The molecule has 2 aromatic heterocycles. The maximum absolute atomic E-state index is 11.7. The number of anilines is 1. The van der Waals surface area contributed by atoms with Crippen LogP contribution in [-0.2, 0) is 4.79 Å². The Kier molecular flexibility index (Phi) is 3.98. The molecule has 102 valence electrons. The number of carbonyl (C=O) groups excluding carboxylic acids is 1. The molecule has 7 heteroatoms. The minimum Gasteiger partial charge on any atom is -0.431 e. The maximum Gasteiger partial charge on any atom is 0.256 e. The Hall–Kier alpha value is -1.86. The predicted octanol–water partition coefficient (Wildman–Crippen LogP) is 3.41. The normalized spacial score (nSPS) is 10.8. The van der Waals surface area contributed by atoms with Crippen molar-refractivity contribution in [3.8, 4) is 0 Å². The lowest BCUT2D eigenvalue weighted by Crippen LogP contribution is -2.11. The first-order valence-electron chi connectivity index (χ1n) is 5.99. The lowest BCUT2D eigenvalue weighted by atomic mass is 10.3. The third-order valence-corrected chi connectivity index (χ3v) is 4.03. The Morgan fingerprint density at radius 3 is 3.10 bits per heavy atom. The first-order chi connectivity index (χ1) is 9.81. The van der Waals surface area contributed by atoms with Crippen LogP contribution in [-0.4, -0.2) is 21.6 Å². The van der Waals surface area contributed by atoms with Crippen molar-refractivity contribution in [1.29, 1.82) is 0 Å². The largest absolute Gasteiger partial charge is 0.431 e. The van der Waals surface area contributed by atoms with Crippen molar-refractivity contribution >= 4 is 45.2 Å². The summed E-state index contributed by atoms with van der Waals surface area (Å²) in [5, 5.41) is 5.78. The molecule has 0 atom stereocenters. The lowest BCUT2D eigenvalue weighted by molar-refractivity contribution is -0.115. The van der Waals surface area contributed by atoms with Crippen LogP contribution in [0.2, 0.25) is 0 Å². The van der Waals surface area contributed by atoms with Crippen molar-refractivity contribution in [2.75, 3.05) is 11.1 Å². The van der Waals surface area contributed by atoms with Crippen LogP contribution in [0, 0.1) is 0 Å². The van der Waals surface area contributed by atoms with Gasteiger partial charge in [-0.05, 0) is 12.1 Å². The van der Waals surface area contributed by atoms with E-state index in [1.54, 1.807) is 6.20 Å². The van der Waals surface area contributed by atoms with Crippen LogP contribution in [0.5, 0.6) is 0 Å². The van der Waals surface area contributed by atoms with Gasteiger partial charge in [-0.3, -0.25) is 4.79 Å². The molecular formula is C13H11N3O2S2. The highest BCUT2D eigenvalue weighted by Gasteiger charge is 2.08. The van der Waals surface area contributed by atoms with Crippen LogP contribution < -0.4 is 5.32 Å². The van der Waals surface area contributed by atoms with Gasteiger partial charge >= 0.3 is 0 Å². The van der Waals surface area contributed by atoms with Gasteiger partial charge in [0.15, 0.2) is 10.7 Å². The number of amides is 1. The molecule has 0 aliphatic rings. The maximum atomic E-state index is 11.7. The van der Waals surface area contributed by atoms with Crippen LogP contribution in [0.15, 0.2) is 45.5 Å². The molecule has 0 radical (unpaired) electrons. The highest BCUT2D eigenvalue weighted by molar-refractivity contribution is 7.99. The van der Waals surface area contributed by atoms with E-state index in [4.69, 9.17) is 4.42 Å². The molecule has 0 unspecified atom stereocenters. The Bertz CT molecular complexity index is 676. The van der Waals surface area contributed by atoms with Crippen molar-refractivity contribution in [2.24, 2.45) is 0 Å². The van der Waals surface area contributed by atoms with Crippen LogP contribution >= 0.6 is 23.1 Å². The summed E-state index contributed by atoms with van der Waals surface area (Å²) in [6.07, 6.45) is 2.05. The lowest BCUT2D eigenvalue weighted by Gasteiger charge is -1.99. The highest BCUT2D eigenvalue weighted by atomic mass is 32.2. The van der Waals surface area contributed by atoms with Gasteiger partial charge in [0, 0.05) is 23.8 Å². The van der Waals surface area contributed by atoms with Crippen LogP contribution in [0.1, 0.15) is 6.42 Å². The number of hydrogen-bond donors (Lipinski definition) is 1. The van der Waals surface area contributed by atoms with Crippen molar-refractivity contribution in [1.82, 2.24) is 9.97 Å². The molecule has 1 N–H and O–H groups in total. The van der Waals surface area contributed by atoms with E-state index in [9.17, 15) is 4.79 Å². The number of oxazole rings is 1. The molecule has 0 saturated heterocycles. The molecule has 2 heterocycles. The van der Waals surface area contributed by atoms with E-state index in [0.29, 0.717) is 22.5 Å². The van der Waals surface area contributed by atoms with E-state index >= 15 is 0 Å². The summed E-state index contributed by atoms with van der Waals surface area (Å²) in [6.45, 7) is 0. The fourth-order valence-corrected chi connectivity index (χ4v) is 2.93. The van der Waals surface area contributed by atoms with E-state index in [0.717, 1.165) is 11.1 Å². The van der Waals surface area contributed by atoms with Crippen LogP contribution in [0.4, 0.5) is 5.13 Å². The Morgan fingerprint density at radius 1 is 1.40 bits per heavy atom. The smallest absolute Gasteiger partial charge is 0.256 e. The van der Waals surface area contributed by atoms with Crippen molar-refractivity contribution in [2.45, 2.75) is 11.6 Å². The zero-order valence-corrected chi connectivity index (χ0v) is 12.0. The number of thiazole rings is 1. The molecule has 0 bridgehead atoms. The topological polar surface area (TPSA) is 68.0 Å². The number of fused-ring (bicyclic) bond motifs is 1. The fraction of sp³-hybridized carbons (Fsp3) is 0.154. The minimum absolute atomic E-state index is 0.0523. The number of para-hydroxylation sites is 2. The summed E-state index contributed by atoms with van der Waals surface area (Å²) in [7, 11) is 0. The summed E-state index contributed by atoms with van der Waals surface area (Å²) in [6, 6.07) is 7.60. The molecule has 5 nitrogen and oxygen atoms in total. The summed E-state index contributed by atoms with van der Waals surface area (Å²) >= 11 is 2.83. The van der Waals surface area contributed by atoms with Gasteiger partial charge in [-0.25, -0.2) is 9.97 Å². The number of carbonyl (C=O) groups is 1. The van der Waals surface area contributed by atoms with E-state index in [2.05, 4.69) is 15.3 Å². The molecule has 1 aromatic carbocycles. The van der Waals surface area contributed by atoms with Gasteiger partial charge in [0.25, 0.3) is 5.22 Å². The van der Waals surface area contributed by atoms with E-state index in [-0.39, 0.29) is 5.91 Å². The number of thioether (sulfide) groups is 1. The zero-order chi connectivity index (χ0) is 13.8. The summed E-state index contributed by atoms with van der Waals surface area (Å²) in [5.74, 6) is 0.563. The molecule has 0 spiro atoms. The number of nitrogens with zero attached hydrogens (tertiary/aromatic N) is 2. The number of benzene rings is 1. The second kappa shape index (κ2) is 6.06. The second-order valence-electron chi connectivity index (χ2n) is 3.93. The average molecular weight is 305 g/mol. The minimum atomic E-state index is -0.0523. The summed E-state index contributed by atoms with van der Waals surface area (Å²) in [4.78, 5) is 20.0. The standard InChI is InChI=1S/C13H11N3O2S2/c17-11(16-12-14-6-8-19-12)5-7-20-13-15-9-3-1-2-4-10(9)18-13/h1-4,6,8H,5,7H2,(H,14,16,17). The van der Waals surface area contributed by atoms with Crippen molar-refractivity contribution in [3.63, 3.8) is 0 Å². The highest BCUT2D eigenvalue weighted by Crippen LogP contribution is 2.23. The van der Waals surface area contributed by atoms with Gasteiger partial charge in [-0.2, -0.15) is 0 Å². The van der Waals surface area contributed by atoms with Crippen LogP contribution in [0.25, 0.3) is 11.1 Å². The monoisotopic (exact) mass is 305 g/mol. The fourth-order valence-electron chi connectivity index (χ4n) is 1.61. The van der Waals surface area contributed by atoms with Gasteiger partial charge < -0.3 is 9.73 Å².